The zero-order valence-electron chi connectivity index (χ0n) is 13.7. The molecule has 0 bridgehead atoms. The summed E-state index contributed by atoms with van der Waals surface area (Å²) in [4.78, 5) is 24.1. The van der Waals surface area contributed by atoms with Gasteiger partial charge in [-0.1, -0.05) is 12.1 Å². The van der Waals surface area contributed by atoms with Gasteiger partial charge in [0.2, 0.25) is 0 Å². The van der Waals surface area contributed by atoms with Crippen molar-refractivity contribution in [3.05, 3.63) is 40.4 Å². The van der Waals surface area contributed by atoms with Gasteiger partial charge in [-0.15, -0.1) is 0 Å². The van der Waals surface area contributed by atoms with Crippen LogP contribution in [0.2, 0.25) is 0 Å². The lowest BCUT2D eigenvalue weighted by Gasteiger charge is -2.37. The van der Waals surface area contributed by atoms with E-state index in [1.807, 2.05) is 32.0 Å². The third-order valence-electron chi connectivity index (χ3n) is 4.11. The molecule has 2 heterocycles. The topological polar surface area (TPSA) is 72.5 Å². The van der Waals surface area contributed by atoms with E-state index in [0.717, 1.165) is 31.7 Å². The average Bonchev–Trinajstić information content (AvgIpc) is 2.48. The van der Waals surface area contributed by atoms with Crippen LogP contribution in [-0.4, -0.2) is 63.2 Å². The van der Waals surface area contributed by atoms with Crippen LogP contribution >= 0.6 is 0 Å². The lowest BCUT2D eigenvalue weighted by Crippen LogP contribution is -2.50. The van der Waals surface area contributed by atoms with E-state index in [0.29, 0.717) is 24.3 Å². The van der Waals surface area contributed by atoms with Crippen molar-refractivity contribution in [3.63, 3.8) is 0 Å². The number of aliphatic hydroxyl groups is 1. The van der Waals surface area contributed by atoms with Gasteiger partial charge in [0.15, 0.2) is 0 Å². The molecule has 2 aromatic rings. The summed E-state index contributed by atoms with van der Waals surface area (Å²) in [6.07, 6.45) is 0. The molecule has 1 aromatic carbocycles. The fourth-order valence-corrected chi connectivity index (χ4v) is 3.07. The average molecular weight is 316 g/mol. The number of piperazine rings is 1. The maximum atomic E-state index is 12.1. The van der Waals surface area contributed by atoms with E-state index in [9.17, 15) is 9.90 Å². The monoisotopic (exact) mass is 316 g/mol. The van der Waals surface area contributed by atoms with E-state index in [4.69, 9.17) is 0 Å². The lowest BCUT2D eigenvalue weighted by molar-refractivity contribution is 0.0163. The van der Waals surface area contributed by atoms with Gasteiger partial charge in [0, 0.05) is 32.7 Å². The number of fused-ring (bicyclic) bond motifs is 1. The Labute approximate surface area is 135 Å². The van der Waals surface area contributed by atoms with E-state index in [1.54, 1.807) is 6.07 Å². The summed E-state index contributed by atoms with van der Waals surface area (Å²) < 4.78 is 0. The predicted octanol–water partition coefficient (Wildman–Crippen LogP) is 0.812. The molecule has 1 saturated heterocycles. The third-order valence-corrected chi connectivity index (χ3v) is 4.11. The van der Waals surface area contributed by atoms with Crippen molar-refractivity contribution >= 4 is 10.9 Å². The van der Waals surface area contributed by atoms with Gasteiger partial charge in [-0.3, -0.25) is 14.6 Å². The smallest absolute Gasteiger partial charge is 0.258 e. The Bertz CT molecular complexity index is 727. The Morgan fingerprint density at radius 3 is 2.52 bits per heavy atom. The van der Waals surface area contributed by atoms with Gasteiger partial charge in [0.05, 0.1) is 23.0 Å². The SMILES string of the molecule is CC(C)(O)CN1CCN(Cc2nc3ccccc3c(=O)[nH]2)CC1. The van der Waals surface area contributed by atoms with Crippen molar-refractivity contribution in [2.75, 3.05) is 32.7 Å². The van der Waals surface area contributed by atoms with Crippen LogP contribution in [0.5, 0.6) is 0 Å². The van der Waals surface area contributed by atoms with Gasteiger partial charge in [0.1, 0.15) is 5.82 Å². The number of rotatable bonds is 4. The molecule has 1 fully saturated rings. The highest BCUT2D eigenvalue weighted by Crippen LogP contribution is 2.11. The summed E-state index contributed by atoms with van der Waals surface area (Å²) >= 11 is 0. The fourth-order valence-electron chi connectivity index (χ4n) is 3.07. The second-order valence-electron chi connectivity index (χ2n) is 6.89. The van der Waals surface area contributed by atoms with Crippen LogP contribution in [0.4, 0.5) is 0 Å². The maximum absolute atomic E-state index is 12.1. The highest BCUT2D eigenvalue weighted by Gasteiger charge is 2.23. The number of β-amino-alcohol motifs (C(OH)–C–C–N with tert-alkyl or cyclic N) is 1. The van der Waals surface area contributed by atoms with E-state index < -0.39 is 5.60 Å². The second kappa shape index (κ2) is 6.39. The molecule has 6 heteroatoms. The van der Waals surface area contributed by atoms with Crippen molar-refractivity contribution in [2.24, 2.45) is 0 Å². The number of para-hydroxylation sites is 1. The molecule has 23 heavy (non-hydrogen) atoms. The van der Waals surface area contributed by atoms with Gasteiger partial charge < -0.3 is 10.1 Å². The van der Waals surface area contributed by atoms with Crippen molar-refractivity contribution in [1.29, 1.82) is 0 Å². The number of benzene rings is 1. The van der Waals surface area contributed by atoms with Gasteiger partial charge in [-0.2, -0.15) is 0 Å². The number of aromatic nitrogens is 2. The molecule has 2 N–H and O–H groups in total. The van der Waals surface area contributed by atoms with Gasteiger partial charge in [0.25, 0.3) is 5.56 Å². The Kier molecular flexibility index (Phi) is 4.48. The van der Waals surface area contributed by atoms with Crippen LogP contribution in [0, 0.1) is 0 Å². The molecular weight excluding hydrogens is 292 g/mol. The van der Waals surface area contributed by atoms with E-state index in [-0.39, 0.29) is 5.56 Å². The summed E-state index contributed by atoms with van der Waals surface area (Å²) in [5.41, 5.74) is 0.00557. The highest BCUT2D eigenvalue weighted by molar-refractivity contribution is 5.77. The molecule has 0 saturated carbocycles. The standard InChI is InChI=1S/C17H24N4O2/c1-17(2,23)12-21-9-7-20(8-10-21)11-15-18-14-6-4-3-5-13(14)16(22)19-15/h3-6,23H,7-12H2,1-2H3,(H,18,19,22). The van der Waals surface area contributed by atoms with Crippen molar-refractivity contribution in [2.45, 2.75) is 26.0 Å². The Balaban J connectivity index is 1.64. The molecule has 0 amide bonds. The van der Waals surface area contributed by atoms with Crippen molar-refractivity contribution < 1.29 is 5.11 Å². The summed E-state index contributed by atoms with van der Waals surface area (Å²) in [5, 5.41) is 10.5. The zero-order valence-corrected chi connectivity index (χ0v) is 13.7. The molecule has 3 rings (SSSR count). The van der Waals surface area contributed by atoms with Crippen molar-refractivity contribution in [3.8, 4) is 0 Å². The summed E-state index contributed by atoms with van der Waals surface area (Å²) in [6, 6.07) is 7.41. The number of nitrogens with zero attached hydrogens (tertiary/aromatic N) is 3. The predicted molar refractivity (Wildman–Crippen MR) is 90.4 cm³/mol. The van der Waals surface area contributed by atoms with Crippen LogP contribution in [-0.2, 0) is 6.54 Å². The minimum atomic E-state index is -0.659. The first kappa shape index (κ1) is 16.1. The van der Waals surface area contributed by atoms with Crippen LogP contribution in [0.3, 0.4) is 0 Å². The minimum Gasteiger partial charge on any atom is -0.389 e. The van der Waals surface area contributed by atoms with Gasteiger partial charge >= 0.3 is 0 Å². The molecule has 1 aliphatic rings. The molecule has 0 radical (unpaired) electrons. The maximum Gasteiger partial charge on any atom is 0.258 e. The van der Waals surface area contributed by atoms with Crippen LogP contribution in [0.25, 0.3) is 10.9 Å². The van der Waals surface area contributed by atoms with E-state index in [1.165, 1.54) is 0 Å². The first-order chi connectivity index (χ1) is 10.9. The van der Waals surface area contributed by atoms with E-state index >= 15 is 0 Å². The number of hydrogen-bond acceptors (Lipinski definition) is 5. The van der Waals surface area contributed by atoms with E-state index in [2.05, 4.69) is 19.8 Å². The Hall–Kier alpha value is -1.76. The largest absolute Gasteiger partial charge is 0.389 e. The lowest BCUT2D eigenvalue weighted by atomic mass is 10.1. The second-order valence-corrected chi connectivity index (χ2v) is 6.89. The number of hydrogen-bond donors (Lipinski definition) is 2. The van der Waals surface area contributed by atoms with Crippen molar-refractivity contribution in [1.82, 2.24) is 19.8 Å². The molecule has 0 spiro atoms. The quantitative estimate of drug-likeness (QED) is 0.873. The Morgan fingerprint density at radius 2 is 1.83 bits per heavy atom. The fraction of sp³-hybridized carbons (Fsp3) is 0.529. The number of H-pyrrole nitrogens is 1. The molecule has 1 aromatic heterocycles. The summed E-state index contributed by atoms with van der Waals surface area (Å²) in [7, 11) is 0. The molecular formula is C17H24N4O2. The number of aromatic amines is 1. The van der Waals surface area contributed by atoms with Crippen LogP contribution in [0.1, 0.15) is 19.7 Å². The first-order valence-electron chi connectivity index (χ1n) is 8.06. The minimum absolute atomic E-state index is 0.0775. The summed E-state index contributed by atoms with van der Waals surface area (Å²) in [6.45, 7) is 8.66. The normalized spacial score (nSPS) is 17.7. The molecule has 124 valence electrons. The molecule has 1 aliphatic heterocycles. The van der Waals surface area contributed by atoms with Gasteiger partial charge in [-0.25, -0.2) is 4.98 Å². The first-order valence-corrected chi connectivity index (χ1v) is 8.06. The zero-order chi connectivity index (χ0) is 16.4. The highest BCUT2D eigenvalue weighted by atomic mass is 16.3. The van der Waals surface area contributed by atoms with Gasteiger partial charge in [-0.05, 0) is 26.0 Å². The molecule has 0 atom stereocenters. The molecule has 0 unspecified atom stereocenters. The molecule has 6 nitrogen and oxygen atoms in total. The van der Waals surface area contributed by atoms with Crippen LogP contribution < -0.4 is 5.56 Å². The molecule has 0 aliphatic carbocycles. The Morgan fingerprint density at radius 1 is 1.17 bits per heavy atom. The summed E-state index contributed by atoms with van der Waals surface area (Å²) in [5.74, 6) is 0.713. The number of nitrogens with one attached hydrogen (secondary N) is 1. The van der Waals surface area contributed by atoms with Crippen LogP contribution in [0.15, 0.2) is 29.1 Å². The third kappa shape index (κ3) is 4.16.